The lowest BCUT2D eigenvalue weighted by Gasteiger charge is -2.24. The van der Waals surface area contributed by atoms with Crippen LogP contribution in [0.5, 0.6) is 0 Å². The quantitative estimate of drug-likeness (QED) is 0.886. The predicted octanol–water partition coefficient (Wildman–Crippen LogP) is 2.46. The predicted molar refractivity (Wildman–Crippen MR) is 65.2 cm³/mol. The highest BCUT2D eigenvalue weighted by molar-refractivity contribution is 6.34. The van der Waals surface area contributed by atoms with Gasteiger partial charge in [0.25, 0.3) is 5.91 Å². The molecule has 0 saturated carbocycles. The Hall–Kier alpha value is -1.62. The lowest BCUT2D eigenvalue weighted by atomic mass is 9.98. The smallest absolute Gasteiger partial charge is 0.329 e. The van der Waals surface area contributed by atoms with Crippen LogP contribution < -0.4 is 5.32 Å². The first-order chi connectivity index (χ1) is 8.31. The van der Waals surface area contributed by atoms with E-state index in [1.807, 2.05) is 0 Å². The molecule has 1 aromatic carbocycles. The zero-order chi connectivity index (χ0) is 13.9. The van der Waals surface area contributed by atoms with Crippen molar-refractivity contribution >= 4 is 23.5 Å². The maximum atomic E-state index is 13.2. The van der Waals surface area contributed by atoms with Gasteiger partial charge in [-0.1, -0.05) is 24.6 Å². The molecule has 1 atom stereocenters. The Kier molecular flexibility index (Phi) is 4.29. The van der Waals surface area contributed by atoms with E-state index >= 15 is 0 Å². The van der Waals surface area contributed by atoms with Crippen LogP contribution in [0.25, 0.3) is 0 Å². The Labute approximate surface area is 109 Å². The molecule has 0 radical (unpaired) electrons. The van der Waals surface area contributed by atoms with Crippen LogP contribution in [0.2, 0.25) is 5.02 Å². The van der Waals surface area contributed by atoms with E-state index in [1.54, 1.807) is 6.92 Å². The van der Waals surface area contributed by atoms with E-state index in [4.69, 9.17) is 16.7 Å². The third-order valence-corrected chi connectivity index (χ3v) is 3.15. The maximum absolute atomic E-state index is 13.2. The largest absolute Gasteiger partial charge is 0.480 e. The van der Waals surface area contributed by atoms with Crippen LogP contribution in [0.15, 0.2) is 18.2 Å². The fourth-order valence-electron chi connectivity index (χ4n) is 1.29. The van der Waals surface area contributed by atoms with Crippen LogP contribution in [-0.4, -0.2) is 22.5 Å². The van der Waals surface area contributed by atoms with Gasteiger partial charge in [-0.05, 0) is 25.5 Å². The number of rotatable bonds is 4. The number of hydrogen-bond acceptors (Lipinski definition) is 2. The number of benzene rings is 1. The molecule has 0 aromatic heterocycles. The Bertz CT molecular complexity index is 492. The Morgan fingerprint density at radius 2 is 2.11 bits per heavy atom. The molecular weight excluding hydrogens is 261 g/mol. The molecule has 1 aromatic rings. The lowest BCUT2D eigenvalue weighted by Crippen LogP contribution is -2.51. The Morgan fingerprint density at radius 1 is 1.50 bits per heavy atom. The fourth-order valence-corrected chi connectivity index (χ4v) is 1.50. The SMILES string of the molecule is CCC(C)(NC(=O)c1cccc(F)c1Cl)C(=O)O. The van der Waals surface area contributed by atoms with Gasteiger partial charge < -0.3 is 10.4 Å². The molecule has 0 aliphatic heterocycles. The first kappa shape index (κ1) is 14.4. The van der Waals surface area contributed by atoms with Crippen molar-refractivity contribution in [2.75, 3.05) is 0 Å². The number of halogens is 2. The zero-order valence-electron chi connectivity index (χ0n) is 9.96. The molecule has 2 N–H and O–H groups in total. The first-order valence-electron chi connectivity index (χ1n) is 5.31. The van der Waals surface area contributed by atoms with Crippen molar-refractivity contribution < 1.29 is 19.1 Å². The van der Waals surface area contributed by atoms with E-state index in [-0.39, 0.29) is 17.0 Å². The number of carbonyl (C=O) groups is 2. The van der Waals surface area contributed by atoms with Gasteiger partial charge in [-0.15, -0.1) is 0 Å². The molecule has 1 unspecified atom stereocenters. The molecule has 0 aliphatic rings. The van der Waals surface area contributed by atoms with Crippen LogP contribution in [0.3, 0.4) is 0 Å². The summed E-state index contributed by atoms with van der Waals surface area (Å²) in [5, 5.41) is 11.0. The second-order valence-corrected chi connectivity index (χ2v) is 4.42. The van der Waals surface area contributed by atoms with E-state index in [2.05, 4.69) is 5.32 Å². The summed E-state index contributed by atoms with van der Waals surface area (Å²) < 4.78 is 13.2. The van der Waals surface area contributed by atoms with Crippen molar-refractivity contribution in [3.63, 3.8) is 0 Å². The van der Waals surface area contributed by atoms with Crippen LogP contribution in [0.4, 0.5) is 4.39 Å². The van der Waals surface area contributed by atoms with Crippen molar-refractivity contribution in [1.29, 1.82) is 0 Å². The Morgan fingerprint density at radius 3 is 2.61 bits per heavy atom. The van der Waals surface area contributed by atoms with Crippen molar-refractivity contribution in [2.24, 2.45) is 0 Å². The molecule has 0 spiro atoms. The standard InChI is InChI=1S/C12H13ClFNO3/c1-3-12(2,11(17)18)15-10(16)7-5-4-6-8(14)9(7)13/h4-6H,3H2,1-2H3,(H,15,16)(H,17,18). The number of nitrogens with one attached hydrogen (secondary N) is 1. The van der Waals surface area contributed by atoms with Gasteiger partial charge in [0.15, 0.2) is 0 Å². The molecule has 4 nitrogen and oxygen atoms in total. The minimum absolute atomic E-state index is 0.0856. The van der Waals surface area contributed by atoms with Crippen molar-refractivity contribution in [1.82, 2.24) is 5.32 Å². The zero-order valence-corrected chi connectivity index (χ0v) is 10.7. The second-order valence-electron chi connectivity index (χ2n) is 4.05. The highest BCUT2D eigenvalue weighted by Gasteiger charge is 2.33. The summed E-state index contributed by atoms with van der Waals surface area (Å²) in [7, 11) is 0. The van der Waals surface area contributed by atoms with Crippen LogP contribution in [0.1, 0.15) is 30.6 Å². The van der Waals surface area contributed by atoms with Gasteiger partial charge in [-0.25, -0.2) is 9.18 Å². The van der Waals surface area contributed by atoms with Gasteiger partial charge >= 0.3 is 5.97 Å². The third kappa shape index (κ3) is 2.79. The summed E-state index contributed by atoms with van der Waals surface area (Å²) >= 11 is 5.66. The molecule has 0 saturated heterocycles. The number of hydrogen-bond donors (Lipinski definition) is 2. The normalized spacial score (nSPS) is 13.8. The number of carboxylic acids is 1. The maximum Gasteiger partial charge on any atom is 0.329 e. The molecule has 1 rings (SSSR count). The average molecular weight is 274 g/mol. The van der Waals surface area contributed by atoms with E-state index in [9.17, 15) is 14.0 Å². The minimum Gasteiger partial charge on any atom is -0.480 e. The molecule has 18 heavy (non-hydrogen) atoms. The number of carbonyl (C=O) groups excluding carboxylic acids is 1. The molecule has 1 amide bonds. The average Bonchev–Trinajstić information content (AvgIpc) is 2.32. The molecule has 98 valence electrons. The number of aliphatic carboxylic acids is 1. The van der Waals surface area contributed by atoms with Gasteiger partial charge in [0.1, 0.15) is 11.4 Å². The molecule has 0 bridgehead atoms. The van der Waals surface area contributed by atoms with E-state index < -0.39 is 23.2 Å². The molecule has 0 aliphatic carbocycles. The third-order valence-electron chi connectivity index (χ3n) is 2.76. The van der Waals surface area contributed by atoms with Gasteiger partial charge in [-0.3, -0.25) is 4.79 Å². The van der Waals surface area contributed by atoms with Crippen LogP contribution in [-0.2, 0) is 4.79 Å². The summed E-state index contributed by atoms with van der Waals surface area (Å²) in [4.78, 5) is 22.9. The summed E-state index contributed by atoms with van der Waals surface area (Å²) in [6.07, 6.45) is 0.195. The monoisotopic (exact) mass is 273 g/mol. The molecular formula is C12H13ClFNO3. The van der Waals surface area contributed by atoms with E-state index in [1.165, 1.54) is 19.1 Å². The highest BCUT2D eigenvalue weighted by atomic mass is 35.5. The molecule has 0 heterocycles. The van der Waals surface area contributed by atoms with Gasteiger partial charge in [0.2, 0.25) is 0 Å². The molecule has 0 fully saturated rings. The fraction of sp³-hybridized carbons (Fsp3) is 0.333. The summed E-state index contributed by atoms with van der Waals surface area (Å²) in [6, 6.07) is 3.79. The van der Waals surface area contributed by atoms with Crippen molar-refractivity contribution in [3.8, 4) is 0 Å². The number of amides is 1. The van der Waals surface area contributed by atoms with E-state index in [0.29, 0.717) is 0 Å². The van der Waals surface area contributed by atoms with E-state index in [0.717, 1.165) is 6.07 Å². The van der Waals surface area contributed by atoms with Gasteiger partial charge in [-0.2, -0.15) is 0 Å². The summed E-state index contributed by atoms with van der Waals surface area (Å²) in [6.45, 7) is 3.00. The first-order valence-corrected chi connectivity index (χ1v) is 5.69. The second kappa shape index (κ2) is 5.35. The highest BCUT2D eigenvalue weighted by Crippen LogP contribution is 2.20. The van der Waals surface area contributed by atoms with Gasteiger partial charge in [0, 0.05) is 0 Å². The Balaban J connectivity index is 3.02. The lowest BCUT2D eigenvalue weighted by molar-refractivity contribution is -0.143. The van der Waals surface area contributed by atoms with Crippen molar-refractivity contribution in [2.45, 2.75) is 25.8 Å². The summed E-state index contributed by atoms with van der Waals surface area (Å²) in [5.74, 6) is -2.60. The molecule has 6 heteroatoms. The topological polar surface area (TPSA) is 66.4 Å². The van der Waals surface area contributed by atoms with Crippen LogP contribution >= 0.6 is 11.6 Å². The van der Waals surface area contributed by atoms with Crippen molar-refractivity contribution in [3.05, 3.63) is 34.6 Å². The van der Waals surface area contributed by atoms with Crippen LogP contribution in [0, 0.1) is 5.82 Å². The minimum atomic E-state index is -1.41. The summed E-state index contributed by atoms with van der Waals surface area (Å²) in [5.41, 5.74) is -1.50. The van der Waals surface area contributed by atoms with Gasteiger partial charge in [0.05, 0.1) is 10.6 Å². The number of carboxylic acid groups (broad SMARTS) is 1.